The summed E-state index contributed by atoms with van der Waals surface area (Å²) in [6.45, 7) is 2.26. The van der Waals surface area contributed by atoms with Crippen LogP contribution in [0.5, 0.6) is 0 Å². The number of nitrogens with zero attached hydrogens (tertiary/aromatic N) is 3. The summed E-state index contributed by atoms with van der Waals surface area (Å²) in [6.07, 6.45) is 1.37. The molecule has 7 heteroatoms. The second-order valence-corrected chi connectivity index (χ2v) is 3.81. The summed E-state index contributed by atoms with van der Waals surface area (Å²) < 4.78 is 0. The highest BCUT2D eigenvalue weighted by molar-refractivity contribution is 5.98. The van der Waals surface area contributed by atoms with E-state index in [1.54, 1.807) is 21.0 Å². The average Bonchev–Trinajstić information content (AvgIpc) is 2.70. The lowest BCUT2D eigenvalue weighted by molar-refractivity contribution is -0.129. The molecular formula is C10H17N5O2. The molecule has 7 nitrogen and oxygen atoms in total. The molecule has 0 aliphatic rings. The van der Waals surface area contributed by atoms with Gasteiger partial charge in [-0.15, -0.1) is 0 Å². The zero-order valence-corrected chi connectivity index (χ0v) is 10.2. The van der Waals surface area contributed by atoms with E-state index in [9.17, 15) is 9.59 Å². The molecule has 0 atom stereocenters. The van der Waals surface area contributed by atoms with E-state index >= 15 is 0 Å². The molecule has 2 amide bonds. The molecule has 0 saturated carbocycles. The van der Waals surface area contributed by atoms with Gasteiger partial charge in [-0.3, -0.25) is 14.7 Å². The van der Waals surface area contributed by atoms with E-state index in [1.165, 1.54) is 16.0 Å². The molecule has 1 aromatic heterocycles. The third-order valence-corrected chi connectivity index (χ3v) is 2.38. The lowest BCUT2D eigenvalue weighted by Crippen LogP contribution is -2.40. The normalized spacial score (nSPS) is 10.1. The van der Waals surface area contributed by atoms with E-state index in [-0.39, 0.29) is 29.7 Å². The van der Waals surface area contributed by atoms with Crippen molar-refractivity contribution < 1.29 is 9.59 Å². The van der Waals surface area contributed by atoms with Gasteiger partial charge in [0.2, 0.25) is 5.91 Å². The molecule has 0 aliphatic heterocycles. The fraction of sp³-hybridized carbons (Fsp3) is 0.500. The van der Waals surface area contributed by atoms with Crippen LogP contribution < -0.4 is 5.73 Å². The average molecular weight is 239 g/mol. The zero-order chi connectivity index (χ0) is 13.0. The minimum atomic E-state index is -0.322. The van der Waals surface area contributed by atoms with Crippen molar-refractivity contribution in [3.63, 3.8) is 0 Å². The molecule has 1 rings (SSSR count). The van der Waals surface area contributed by atoms with E-state index in [1.807, 2.05) is 0 Å². The number of amides is 2. The van der Waals surface area contributed by atoms with E-state index in [0.29, 0.717) is 6.54 Å². The predicted octanol–water partition coefficient (Wildman–Crippen LogP) is -0.458. The standard InChI is InChI=1S/C10H17N5O2/c1-4-15(6-8(16)14(2)3)10(17)9-7(11)5-12-13-9/h5H,4,6,11H2,1-3H3,(H,12,13). The molecule has 0 aromatic carbocycles. The second kappa shape index (κ2) is 5.33. The van der Waals surface area contributed by atoms with Gasteiger partial charge in [0.1, 0.15) is 12.2 Å². The Labute approximate surface area is 99.6 Å². The molecule has 0 spiro atoms. The van der Waals surface area contributed by atoms with Crippen LogP contribution in [0, 0.1) is 0 Å². The summed E-state index contributed by atoms with van der Waals surface area (Å²) in [5.74, 6) is -0.462. The topological polar surface area (TPSA) is 95.3 Å². The summed E-state index contributed by atoms with van der Waals surface area (Å²) in [5, 5.41) is 6.21. The molecule has 3 N–H and O–H groups in total. The van der Waals surface area contributed by atoms with Gasteiger partial charge >= 0.3 is 0 Å². The summed E-state index contributed by atoms with van der Waals surface area (Å²) in [4.78, 5) is 26.4. The second-order valence-electron chi connectivity index (χ2n) is 3.81. The minimum absolute atomic E-state index is 0.0286. The van der Waals surface area contributed by atoms with Crippen LogP contribution in [0.3, 0.4) is 0 Å². The number of nitrogens with one attached hydrogen (secondary N) is 1. The fourth-order valence-electron chi connectivity index (χ4n) is 1.26. The molecule has 0 saturated heterocycles. The Kier molecular flexibility index (Phi) is 4.08. The molecule has 1 aromatic rings. The van der Waals surface area contributed by atoms with Crippen LogP contribution in [0.4, 0.5) is 5.69 Å². The molecule has 0 radical (unpaired) electrons. The van der Waals surface area contributed by atoms with E-state index < -0.39 is 0 Å². The van der Waals surface area contributed by atoms with Gasteiger partial charge in [0.15, 0.2) is 0 Å². The maximum Gasteiger partial charge on any atom is 0.274 e. The SMILES string of the molecule is CCN(CC(=O)N(C)C)C(=O)c1[nH]ncc1N. The first kappa shape index (κ1) is 13.0. The smallest absolute Gasteiger partial charge is 0.274 e. The highest BCUT2D eigenvalue weighted by Gasteiger charge is 2.21. The van der Waals surface area contributed by atoms with Gasteiger partial charge in [0, 0.05) is 20.6 Å². The van der Waals surface area contributed by atoms with Crippen LogP contribution in [0.15, 0.2) is 6.20 Å². The predicted molar refractivity (Wildman–Crippen MR) is 63.3 cm³/mol. The Morgan fingerprint density at radius 3 is 2.53 bits per heavy atom. The third kappa shape index (κ3) is 2.96. The van der Waals surface area contributed by atoms with Gasteiger partial charge in [-0.25, -0.2) is 0 Å². The number of aromatic nitrogens is 2. The van der Waals surface area contributed by atoms with Crippen LogP contribution >= 0.6 is 0 Å². The number of H-pyrrole nitrogens is 1. The largest absolute Gasteiger partial charge is 0.396 e. The van der Waals surface area contributed by atoms with Gasteiger partial charge in [-0.2, -0.15) is 5.10 Å². The zero-order valence-electron chi connectivity index (χ0n) is 10.2. The molecular weight excluding hydrogens is 222 g/mol. The molecule has 94 valence electrons. The van der Waals surface area contributed by atoms with Crippen molar-refractivity contribution >= 4 is 17.5 Å². The summed E-state index contributed by atoms with van der Waals surface area (Å²) in [6, 6.07) is 0. The summed E-state index contributed by atoms with van der Waals surface area (Å²) >= 11 is 0. The number of aromatic amines is 1. The number of hydrogen-bond acceptors (Lipinski definition) is 4. The van der Waals surface area contributed by atoms with Crippen LogP contribution in [-0.2, 0) is 4.79 Å². The maximum absolute atomic E-state index is 12.0. The van der Waals surface area contributed by atoms with Crippen molar-refractivity contribution in [1.82, 2.24) is 20.0 Å². The Balaban J connectivity index is 2.78. The number of nitrogen functional groups attached to an aromatic ring is 1. The Morgan fingerprint density at radius 2 is 2.12 bits per heavy atom. The molecule has 1 heterocycles. The van der Waals surface area contributed by atoms with Crippen LogP contribution in [0.1, 0.15) is 17.4 Å². The summed E-state index contributed by atoms with van der Waals surface area (Å²) in [5.41, 5.74) is 6.09. The lowest BCUT2D eigenvalue weighted by Gasteiger charge is -2.21. The van der Waals surface area contributed by atoms with Crippen LogP contribution in [0.2, 0.25) is 0 Å². The maximum atomic E-state index is 12.0. The fourth-order valence-corrected chi connectivity index (χ4v) is 1.26. The number of carbonyl (C=O) groups excluding carboxylic acids is 2. The van der Waals surface area contributed by atoms with E-state index in [2.05, 4.69) is 10.2 Å². The third-order valence-electron chi connectivity index (χ3n) is 2.38. The van der Waals surface area contributed by atoms with Gasteiger partial charge < -0.3 is 15.5 Å². The number of anilines is 1. The van der Waals surface area contributed by atoms with Gasteiger partial charge in [0.25, 0.3) is 5.91 Å². The number of rotatable bonds is 4. The number of nitrogens with two attached hydrogens (primary N) is 1. The highest BCUT2D eigenvalue weighted by Crippen LogP contribution is 2.09. The van der Waals surface area contributed by atoms with Crippen molar-refractivity contribution in [3.8, 4) is 0 Å². The lowest BCUT2D eigenvalue weighted by atomic mass is 10.3. The van der Waals surface area contributed by atoms with Gasteiger partial charge in [-0.1, -0.05) is 0 Å². The molecule has 0 aliphatic carbocycles. The van der Waals surface area contributed by atoms with Crippen molar-refractivity contribution in [2.24, 2.45) is 0 Å². The van der Waals surface area contributed by atoms with Crippen molar-refractivity contribution in [2.45, 2.75) is 6.92 Å². The van der Waals surface area contributed by atoms with Crippen LogP contribution in [-0.4, -0.2) is 59.0 Å². The first-order valence-electron chi connectivity index (χ1n) is 5.25. The van der Waals surface area contributed by atoms with Crippen molar-refractivity contribution in [3.05, 3.63) is 11.9 Å². The Morgan fingerprint density at radius 1 is 1.47 bits per heavy atom. The first-order valence-corrected chi connectivity index (χ1v) is 5.25. The van der Waals surface area contributed by atoms with Crippen molar-refractivity contribution in [1.29, 1.82) is 0 Å². The number of hydrogen-bond donors (Lipinski definition) is 2. The number of carbonyl (C=O) groups is 2. The molecule has 17 heavy (non-hydrogen) atoms. The van der Waals surface area contributed by atoms with E-state index in [0.717, 1.165) is 0 Å². The number of likely N-dealkylation sites (N-methyl/N-ethyl adjacent to an activating group) is 2. The Bertz CT molecular complexity index is 413. The monoisotopic (exact) mass is 239 g/mol. The van der Waals surface area contributed by atoms with Gasteiger partial charge in [0.05, 0.1) is 11.9 Å². The summed E-state index contributed by atoms with van der Waals surface area (Å²) in [7, 11) is 3.29. The Hall–Kier alpha value is -2.05. The first-order chi connectivity index (χ1) is 7.97. The molecule has 0 bridgehead atoms. The van der Waals surface area contributed by atoms with E-state index in [4.69, 9.17) is 5.73 Å². The quantitative estimate of drug-likeness (QED) is 0.743. The van der Waals surface area contributed by atoms with Crippen LogP contribution in [0.25, 0.3) is 0 Å². The van der Waals surface area contributed by atoms with Crippen molar-refractivity contribution in [2.75, 3.05) is 32.9 Å². The highest BCUT2D eigenvalue weighted by atomic mass is 16.2. The van der Waals surface area contributed by atoms with Gasteiger partial charge in [-0.05, 0) is 6.92 Å². The molecule has 0 unspecified atom stereocenters. The molecule has 0 fully saturated rings. The minimum Gasteiger partial charge on any atom is -0.396 e.